The van der Waals surface area contributed by atoms with Gasteiger partial charge in [0, 0.05) is 0 Å². The number of rotatable bonds is 11. The van der Waals surface area contributed by atoms with Gasteiger partial charge in [0.1, 0.15) is 0 Å². The normalized spacial score (nSPS) is 14.5. The third-order valence-corrected chi connectivity index (χ3v) is 21.2. The van der Waals surface area contributed by atoms with E-state index in [2.05, 4.69) is 39.0 Å². The molecular formula is C22H33NO2Sn. The van der Waals surface area contributed by atoms with Crippen LogP contribution in [0.1, 0.15) is 59.3 Å². The van der Waals surface area contributed by atoms with E-state index in [1.165, 1.54) is 72.5 Å². The Labute approximate surface area is 162 Å². The molecule has 0 radical (unpaired) electrons. The Kier molecular flexibility index (Phi) is 8.39. The van der Waals surface area contributed by atoms with Crippen LogP contribution in [-0.2, 0) is 9.59 Å². The van der Waals surface area contributed by atoms with Gasteiger partial charge in [0.25, 0.3) is 0 Å². The topological polar surface area (TPSA) is 37.4 Å². The first-order chi connectivity index (χ1) is 12.6. The van der Waals surface area contributed by atoms with Gasteiger partial charge >= 0.3 is 163 Å². The van der Waals surface area contributed by atoms with Crippen molar-refractivity contribution in [3.8, 4) is 0 Å². The van der Waals surface area contributed by atoms with Crippen molar-refractivity contribution in [1.29, 1.82) is 0 Å². The second-order valence-electron chi connectivity index (χ2n) is 7.49. The summed E-state index contributed by atoms with van der Waals surface area (Å²) in [4.78, 5) is 25.5. The Balaban J connectivity index is 2.40. The first kappa shape index (κ1) is 21.2. The van der Waals surface area contributed by atoms with Crippen LogP contribution in [0.25, 0.3) is 0 Å². The quantitative estimate of drug-likeness (QED) is 0.336. The van der Waals surface area contributed by atoms with Crippen molar-refractivity contribution >= 4 is 39.5 Å². The van der Waals surface area contributed by atoms with E-state index >= 15 is 0 Å². The number of carbonyl (C=O) groups is 2. The number of benzene rings is 1. The zero-order valence-corrected chi connectivity index (χ0v) is 19.4. The van der Waals surface area contributed by atoms with Crippen molar-refractivity contribution in [2.75, 3.05) is 4.90 Å². The standard InChI is InChI=1S/C10H6NO2.3C4H9.Sn/c12-9-6-7-10(13)11(9)8-4-2-1-3-5-8;3*1-3-4-2;/h1-2,4-7H;3*1,3-4H2,2H3;. The van der Waals surface area contributed by atoms with E-state index in [0.29, 0.717) is 0 Å². The van der Waals surface area contributed by atoms with Crippen molar-refractivity contribution in [2.45, 2.75) is 72.6 Å². The van der Waals surface area contributed by atoms with E-state index in [1.54, 1.807) is 0 Å². The molecule has 1 aromatic rings. The molecular weight excluding hydrogens is 429 g/mol. The van der Waals surface area contributed by atoms with Gasteiger partial charge in [-0.1, -0.05) is 0 Å². The average Bonchev–Trinajstić information content (AvgIpc) is 3.00. The molecule has 0 saturated heterocycles. The van der Waals surface area contributed by atoms with E-state index < -0.39 is 18.4 Å². The third-order valence-electron chi connectivity index (χ3n) is 5.55. The molecule has 142 valence electrons. The molecule has 2 rings (SSSR count). The number of anilines is 1. The minimum absolute atomic E-state index is 0.219. The monoisotopic (exact) mass is 463 g/mol. The van der Waals surface area contributed by atoms with Gasteiger partial charge in [-0.3, -0.25) is 0 Å². The van der Waals surface area contributed by atoms with Gasteiger partial charge in [-0.05, 0) is 0 Å². The molecule has 0 fully saturated rings. The number of hydrogen-bond acceptors (Lipinski definition) is 2. The Morgan fingerprint density at radius 1 is 0.808 bits per heavy atom. The van der Waals surface area contributed by atoms with Crippen LogP contribution >= 0.6 is 0 Å². The Morgan fingerprint density at radius 3 is 1.77 bits per heavy atom. The van der Waals surface area contributed by atoms with Crippen molar-refractivity contribution in [3.05, 3.63) is 36.4 Å². The van der Waals surface area contributed by atoms with Gasteiger partial charge in [0.15, 0.2) is 0 Å². The average molecular weight is 462 g/mol. The molecule has 3 nitrogen and oxygen atoms in total. The summed E-state index contributed by atoms with van der Waals surface area (Å²) in [5, 5.41) is 0. The molecule has 0 unspecified atom stereocenters. The maximum absolute atomic E-state index is 12.1. The summed E-state index contributed by atoms with van der Waals surface area (Å²) in [6.07, 6.45) is 10.4. The van der Waals surface area contributed by atoms with E-state index in [0.717, 1.165) is 5.69 Å². The van der Waals surface area contributed by atoms with E-state index in [-0.39, 0.29) is 11.8 Å². The summed E-state index contributed by atoms with van der Waals surface area (Å²) in [6.45, 7) is 6.83. The molecule has 0 N–H and O–H groups in total. The number of unbranched alkanes of at least 4 members (excludes halogenated alkanes) is 3. The molecule has 0 aromatic heterocycles. The number of nitrogens with zero attached hydrogens (tertiary/aromatic N) is 1. The van der Waals surface area contributed by atoms with Crippen LogP contribution in [0.15, 0.2) is 36.4 Å². The number of carbonyl (C=O) groups excluding carboxylic acids is 2. The maximum atomic E-state index is 12.1. The van der Waals surface area contributed by atoms with Crippen molar-refractivity contribution in [2.24, 2.45) is 0 Å². The third kappa shape index (κ3) is 4.99. The summed E-state index contributed by atoms with van der Waals surface area (Å²) in [6, 6.07) is 8.43. The van der Waals surface area contributed by atoms with E-state index in [1.807, 2.05) is 6.07 Å². The van der Waals surface area contributed by atoms with Crippen LogP contribution in [0.2, 0.25) is 13.3 Å². The molecule has 4 heteroatoms. The summed E-state index contributed by atoms with van der Waals surface area (Å²) < 4.78 is 5.65. The van der Waals surface area contributed by atoms with E-state index in [9.17, 15) is 9.59 Å². The summed E-state index contributed by atoms with van der Waals surface area (Å²) >= 11 is -2.54. The second-order valence-corrected chi connectivity index (χ2v) is 20.7. The van der Waals surface area contributed by atoms with Crippen LogP contribution in [0.4, 0.5) is 5.69 Å². The van der Waals surface area contributed by atoms with Crippen LogP contribution < -0.4 is 8.48 Å². The molecule has 2 amide bonds. The number of amides is 2. The molecule has 0 aliphatic carbocycles. The minimum atomic E-state index is -2.54. The summed E-state index contributed by atoms with van der Waals surface area (Å²) in [5.74, 6) is -0.438. The summed E-state index contributed by atoms with van der Waals surface area (Å²) in [5.41, 5.74) is 0.757. The molecule has 0 saturated carbocycles. The van der Waals surface area contributed by atoms with E-state index in [4.69, 9.17) is 0 Å². The predicted octanol–water partition coefficient (Wildman–Crippen LogP) is 5.17. The van der Waals surface area contributed by atoms with Crippen LogP contribution in [0, 0.1) is 0 Å². The predicted molar refractivity (Wildman–Crippen MR) is 113 cm³/mol. The van der Waals surface area contributed by atoms with Gasteiger partial charge in [-0.2, -0.15) is 0 Å². The Bertz CT molecular complexity index is 614. The number of hydrogen-bond donors (Lipinski definition) is 0. The first-order valence-electron chi connectivity index (χ1n) is 10.2. The molecule has 0 spiro atoms. The Morgan fingerprint density at radius 2 is 1.31 bits per heavy atom. The first-order valence-corrected chi connectivity index (χ1v) is 17.7. The summed E-state index contributed by atoms with van der Waals surface area (Å²) in [7, 11) is 0. The second kappa shape index (κ2) is 10.3. The van der Waals surface area contributed by atoms with Gasteiger partial charge in [0.2, 0.25) is 0 Å². The fourth-order valence-corrected chi connectivity index (χ4v) is 20.0. The molecule has 26 heavy (non-hydrogen) atoms. The molecule has 1 heterocycles. The van der Waals surface area contributed by atoms with Gasteiger partial charge in [0.05, 0.1) is 0 Å². The van der Waals surface area contributed by atoms with Crippen LogP contribution in [0.5, 0.6) is 0 Å². The molecule has 1 aromatic carbocycles. The van der Waals surface area contributed by atoms with Gasteiger partial charge in [-0.15, -0.1) is 0 Å². The van der Waals surface area contributed by atoms with Crippen molar-refractivity contribution in [3.63, 3.8) is 0 Å². The van der Waals surface area contributed by atoms with Gasteiger partial charge < -0.3 is 0 Å². The zero-order valence-electron chi connectivity index (χ0n) is 16.6. The molecule has 1 aliphatic rings. The van der Waals surface area contributed by atoms with Crippen LogP contribution in [-0.4, -0.2) is 30.2 Å². The molecule has 0 atom stereocenters. The van der Waals surface area contributed by atoms with Crippen molar-refractivity contribution < 1.29 is 9.59 Å². The molecule has 1 aliphatic heterocycles. The fraction of sp³-hybridized carbons (Fsp3) is 0.545. The van der Waals surface area contributed by atoms with Crippen molar-refractivity contribution in [1.82, 2.24) is 0 Å². The van der Waals surface area contributed by atoms with Crippen LogP contribution in [0.3, 0.4) is 0 Å². The fourth-order valence-electron chi connectivity index (χ4n) is 3.98. The Hall–Kier alpha value is -1.10. The molecule has 0 bridgehead atoms. The van der Waals surface area contributed by atoms with Gasteiger partial charge in [-0.25, -0.2) is 0 Å². The number of imide groups is 1. The SMILES string of the molecule is CCC[CH2][Sn]([CH2]CCC)([CH2]CCC)[c]1cccc(N2C(=O)C=CC2=O)c1. The zero-order chi connectivity index (χ0) is 19.0.